The quantitative estimate of drug-likeness (QED) is 0.623. The van der Waals surface area contributed by atoms with Crippen LogP contribution in [0.1, 0.15) is 5.69 Å². The Bertz CT molecular complexity index is 317. The fourth-order valence-electron chi connectivity index (χ4n) is 0.993. The maximum Gasteiger partial charge on any atom is 0.145 e. The summed E-state index contributed by atoms with van der Waals surface area (Å²) in [6, 6.07) is 1.82. The van der Waals surface area contributed by atoms with Crippen molar-refractivity contribution >= 4 is 5.76 Å². The van der Waals surface area contributed by atoms with Gasteiger partial charge in [0.1, 0.15) is 24.4 Å². The second kappa shape index (κ2) is 3.17. The van der Waals surface area contributed by atoms with Crippen molar-refractivity contribution in [3.8, 4) is 0 Å². The molecule has 1 aromatic rings. The van der Waals surface area contributed by atoms with Crippen LogP contribution in [0.25, 0.3) is 5.76 Å². The summed E-state index contributed by atoms with van der Waals surface area (Å²) in [7, 11) is 0. The van der Waals surface area contributed by atoms with Gasteiger partial charge in [-0.3, -0.25) is 0 Å². The molecule has 0 aliphatic carbocycles. The van der Waals surface area contributed by atoms with Gasteiger partial charge >= 0.3 is 0 Å². The molecule has 0 N–H and O–H groups in total. The van der Waals surface area contributed by atoms with E-state index in [1.807, 2.05) is 24.3 Å². The van der Waals surface area contributed by atoms with E-state index in [-0.39, 0.29) is 0 Å². The van der Waals surface area contributed by atoms with Crippen molar-refractivity contribution in [2.75, 3.05) is 6.61 Å². The van der Waals surface area contributed by atoms with Crippen LogP contribution >= 0.6 is 0 Å². The van der Waals surface area contributed by atoms with Crippen LogP contribution in [0, 0.1) is 0 Å². The smallest absolute Gasteiger partial charge is 0.145 e. The Kier molecular flexibility index (Phi) is 1.86. The Balaban J connectivity index is 2.31. The van der Waals surface area contributed by atoms with Gasteiger partial charge in [0.2, 0.25) is 0 Å². The van der Waals surface area contributed by atoms with Gasteiger partial charge in [-0.05, 0) is 18.2 Å². The van der Waals surface area contributed by atoms with Crippen molar-refractivity contribution in [1.82, 2.24) is 9.97 Å². The molecule has 60 valence electrons. The highest BCUT2D eigenvalue weighted by molar-refractivity contribution is 5.58. The van der Waals surface area contributed by atoms with Gasteiger partial charge in [-0.1, -0.05) is 6.08 Å². The van der Waals surface area contributed by atoms with Crippen LogP contribution < -0.4 is 0 Å². The first kappa shape index (κ1) is 7.03. The summed E-state index contributed by atoms with van der Waals surface area (Å²) in [5, 5.41) is 0. The Morgan fingerprint density at radius 1 is 1.42 bits per heavy atom. The molecule has 3 nitrogen and oxygen atoms in total. The standard InChI is InChI=1S/C9H8N2O/c1-2-6-12-9(3-1)8-4-5-10-7-11-8/h1-5,7H,6H2. The highest BCUT2D eigenvalue weighted by atomic mass is 16.5. The number of hydrogen-bond acceptors (Lipinski definition) is 3. The van der Waals surface area contributed by atoms with E-state index in [4.69, 9.17) is 4.74 Å². The highest BCUT2D eigenvalue weighted by Crippen LogP contribution is 2.14. The third-order valence-corrected chi connectivity index (χ3v) is 1.55. The molecular weight excluding hydrogens is 152 g/mol. The molecule has 1 aromatic heterocycles. The first-order valence-electron chi connectivity index (χ1n) is 3.73. The summed E-state index contributed by atoms with van der Waals surface area (Å²) in [6.07, 6.45) is 9.01. The van der Waals surface area contributed by atoms with Gasteiger partial charge in [-0.25, -0.2) is 9.97 Å². The fraction of sp³-hybridized carbons (Fsp3) is 0.111. The first-order valence-corrected chi connectivity index (χ1v) is 3.73. The topological polar surface area (TPSA) is 35.0 Å². The van der Waals surface area contributed by atoms with Crippen molar-refractivity contribution in [1.29, 1.82) is 0 Å². The van der Waals surface area contributed by atoms with Crippen LogP contribution in [0.4, 0.5) is 0 Å². The molecule has 1 aliphatic heterocycles. The summed E-state index contributed by atoms with van der Waals surface area (Å²) in [5.41, 5.74) is 0.828. The zero-order chi connectivity index (χ0) is 8.23. The fourth-order valence-corrected chi connectivity index (χ4v) is 0.993. The minimum absolute atomic E-state index is 0.621. The normalized spacial score (nSPS) is 15.2. The predicted octanol–water partition coefficient (Wildman–Crippen LogP) is 1.40. The maximum absolute atomic E-state index is 5.35. The van der Waals surface area contributed by atoms with Crippen molar-refractivity contribution in [2.45, 2.75) is 0 Å². The second-order valence-electron chi connectivity index (χ2n) is 2.36. The first-order chi connectivity index (χ1) is 5.97. The molecule has 0 amide bonds. The minimum atomic E-state index is 0.621. The summed E-state index contributed by atoms with van der Waals surface area (Å²) in [4.78, 5) is 7.89. The lowest BCUT2D eigenvalue weighted by Crippen LogP contribution is -1.97. The van der Waals surface area contributed by atoms with Crippen molar-refractivity contribution in [3.63, 3.8) is 0 Å². The molecule has 0 bridgehead atoms. The third-order valence-electron chi connectivity index (χ3n) is 1.55. The van der Waals surface area contributed by atoms with E-state index in [9.17, 15) is 0 Å². The SMILES string of the molecule is C1=CCOC(c2ccncn2)=C1. The zero-order valence-electron chi connectivity index (χ0n) is 6.47. The van der Waals surface area contributed by atoms with Gasteiger partial charge in [-0.2, -0.15) is 0 Å². The molecule has 2 heterocycles. The molecule has 0 spiro atoms. The van der Waals surface area contributed by atoms with Gasteiger partial charge < -0.3 is 4.74 Å². The van der Waals surface area contributed by atoms with E-state index in [0.717, 1.165) is 11.5 Å². The number of nitrogens with zero attached hydrogens (tertiary/aromatic N) is 2. The Hall–Kier alpha value is -1.64. The average Bonchev–Trinajstić information content (AvgIpc) is 2.21. The number of aromatic nitrogens is 2. The Morgan fingerprint density at radius 3 is 3.08 bits per heavy atom. The molecule has 0 radical (unpaired) electrons. The number of hydrogen-bond donors (Lipinski definition) is 0. The second-order valence-corrected chi connectivity index (χ2v) is 2.36. The molecule has 0 fully saturated rings. The van der Waals surface area contributed by atoms with Crippen LogP contribution in [-0.2, 0) is 4.74 Å². The van der Waals surface area contributed by atoms with Crippen LogP contribution in [-0.4, -0.2) is 16.6 Å². The molecule has 3 heteroatoms. The number of allylic oxidation sites excluding steroid dienone is 2. The lowest BCUT2D eigenvalue weighted by Gasteiger charge is -2.09. The molecule has 0 saturated heterocycles. The largest absolute Gasteiger partial charge is 0.487 e. The van der Waals surface area contributed by atoms with Crippen LogP contribution in [0.5, 0.6) is 0 Å². The van der Waals surface area contributed by atoms with Gasteiger partial charge in [0.25, 0.3) is 0 Å². The van der Waals surface area contributed by atoms with E-state index in [1.165, 1.54) is 6.33 Å². The average molecular weight is 160 g/mol. The van der Waals surface area contributed by atoms with E-state index in [1.54, 1.807) is 6.20 Å². The van der Waals surface area contributed by atoms with Gasteiger partial charge in [-0.15, -0.1) is 0 Å². The zero-order valence-corrected chi connectivity index (χ0v) is 6.47. The molecule has 0 aromatic carbocycles. The minimum Gasteiger partial charge on any atom is -0.487 e. The summed E-state index contributed by atoms with van der Waals surface area (Å²) in [6.45, 7) is 0.621. The van der Waals surface area contributed by atoms with E-state index in [2.05, 4.69) is 9.97 Å². The lowest BCUT2D eigenvalue weighted by atomic mass is 10.3. The summed E-state index contributed by atoms with van der Waals surface area (Å²) < 4.78 is 5.35. The predicted molar refractivity (Wildman–Crippen MR) is 45.1 cm³/mol. The molecule has 1 aliphatic rings. The van der Waals surface area contributed by atoms with E-state index >= 15 is 0 Å². The monoisotopic (exact) mass is 160 g/mol. The highest BCUT2D eigenvalue weighted by Gasteiger charge is 2.03. The number of ether oxygens (including phenoxy) is 1. The maximum atomic E-state index is 5.35. The van der Waals surface area contributed by atoms with Gasteiger partial charge in [0, 0.05) is 6.20 Å². The summed E-state index contributed by atoms with van der Waals surface area (Å²) >= 11 is 0. The Labute approximate surface area is 70.4 Å². The van der Waals surface area contributed by atoms with Crippen molar-refractivity contribution in [3.05, 3.63) is 42.5 Å². The number of rotatable bonds is 1. The molecule has 12 heavy (non-hydrogen) atoms. The van der Waals surface area contributed by atoms with Gasteiger partial charge in [0.15, 0.2) is 0 Å². The summed E-state index contributed by atoms with van der Waals surface area (Å²) in [5.74, 6) is 0.805. The van der Waals surface area contributed by atoms with E-state index < -0.39 is 0 Å². The third kappa shape index (κ3) is 1.34. The molecule has 0 unspecified atom stereocenters. The van der Waals surface area contributed by atoms with Gasteiger partial charge in [0.05, 0.1) is 0 Å². The van der Waals surface area contributed by atoms with Crippen molar-refractivity contribution in [2.24, 2.45) is 0 Å². The lowest BCUT2D eigenvalue weighted by molar-refractivity contribution is 0.314. The molecule has 0 atom stereocenters. The van der Waals surface area contributed by atoms with E-state index in [0.29, 0.717) is 6.61 Å². The van der Waals surface area contributed by atoms with Crippen molar-refractivity contribution < 1.29 is 4.74 Å². The molecule has 2 rings (SSSR count). The molecular formula is C9H8N2O. The molecule has 0 saturated carbocycles. The van der Waals surface area contributed by atoms with Crippen LogP contribution in [0.3, 0.4) is 0 Å². The van der Waals surface area contributed by atoms with Crippen LogP contribution in [0.2, 0.25) is 0 Å². The van der Waals surface area contributed by atoms with Crippen LogP contribution in [0.15, 0.2) is 36.8 Å². The Morgan fingerprint density at radius 2 is 2.42 bits per heavy atom.